The molecule has 1 aliphatic rings. The molecule has 1 aromatic carbocycles. The highest BCUT2D eigenvalue weighted by Crippen LogP contribution is 2.31. The van der Waals surface area contributed by atoms with E-state index in [4.69, 9.17) is 9.47 Å². The summed E-state index contributed by atoms with van der Waals surface area (Å²) >= 11 is 0. The monoisotopic (exact) mass is 472 g/mol. The molecule has 0 aliphatic carbocycles. The number of ether oxygens (including phenoxy) is 2. The Hall–Kier alpha value is -4.09. The number of benzene rings is 1. The van der Waals surface area contributed by atoms with Crippen molar-refractivity contribution >= 4 is 11.6 Å². The summed E-state index contributed by atoms with van der Waals surface area (Å²) < 4.78 is 11.8. The number of carbonyl (C=O) groups excluding carboxylic acids is 1. The lowest BCUT2D eigenvalue weighted by Crippen LogP contribution is -2.45. The van der Waals surface area contributed by atoms with Gasteiger partial charge in [-0.1, -0.05) is 11.8 Å². The number of pyridine rings is 2. The van der Waals surface area contributed by atoms with Crippen molar-refractivity contribution in [1.82, 2.24) is 15.3 Å². The van der Waals surface area contributed by atoms with Gasteiger partial charge < -0.3 is 24.8 Å². The number of fused-ring (bicyclic) bond motifs is 1. The quantitative estimate of drug-likeness (QED) is 0.562. The molecule has 8 nitrogen and oxygen atoms in total. The molecule has 1 aliphatic heterocycles. The van der Waals surface area contributed by atoms with Gasteiger partial charge in [0.25, 0.3) is 5.91 Å². The molecule has 4 rings (SSSR count). The Morgan fingerprint density at radius 2 is 2.03 bits per heavy atom. The van der Waals surface area contributed by atoms with E-state index in [9.17, 15) is 9.90 Å². The number of aryl methyl sites for hydroxylation is 1. The van der Waals surface area contributed by atoms with Crippen LogP contribution in [-0.4, -0.2) is 52.8 Å². The number of anilines is 1. The summed E-state index contributed by atoms with van der Waals surface area (Å²) in [5.74, 6) is 7.28. The number of rotatable bonds is 4. The highest BCUT2D eigenvalue weighted by Gasteiger charge is 2.23. The van der Waals surface area contributed by atoms with E-state index < -0.39 is 5.60 Å². The van der Waals surface area contributed by atoms with Gasteiger partial charge in [0.2, 0.25) is 0 Å². The molecule has 0 bridgehead atoms. The minimum Gasteiger partial charge on any atom is -0.489 e. The van der Waals surface area contributed by atoms with Gasteiger partial charge in [0, 0.05) is 37.1 Å². The standard InChI is InChI=1S/C27H28N4O4/c1-18-5-7-22(15-29-18)35-21-10-12-28-23(14-21)26(32)30-20-16-31(4)24-13-19(9-11-27(2,3)33)6-8-25(24)34-17-20/h5-8,10,12-15,20,33H,16-17H2,1-4H3,(H,30,32)/t20-/m1/s1. The second kappa shape index (κ2) is 10.0. The summed E-state index contributed by atoms with van der Waals surface area (Å²) in [7, 11) is 1.93. The fourth-order valence-corrected chi connectivity index (χ4v) is 3.51. The molecule has 2 aromatic heterocycles. The van der Waals surface area contributed by atoms with Crippen molar-refractivity contribution < 1.29 is 19.4 Å². The maximum atomic E-state index is 12.9. The SMILES string of the molecule is Cc1ccc(Oc2ccnc(C(=O)N[C@H]3COc4ccc(C#CC(C)(C)O)cc4N(C)C3)c2)cn1. The van der Waals surface area contributed by atoms with E-state index in [1.807, 2.05) is 49.2 Å². The van der Waals surface area contributed by atoms with Gasteiger partial charge in [0.1, 0.15) is 35.2 Å². The van der Waals surface area contributed by atoms with Gasteiger partial charge in [0.15, 0.2) is 0 Å². The first kappa shape index (κ1) is 24.0. The Bertz CT molecular complexity index is 1270. The molecule has 1 atom stereocenters. The molecular formula is C27H28N4O4. The summed E-state index contributed by atoms with van der Waals surface area (Å²) in [4.78, 5) is 23.4. The van der Waals surface area contributed by atoms with E-state index in [1.54, 1.807) is 32.2 Å². The number of hydrogen-bond acceptors (Lipinski definition) is 7. The molecule has 0 fully saturated rings. The normalized spacial score (nSPS) is 15.1. The molecule has 3 heterocycles. The lowest BCUT2D eigenvalue weighted by molar-refractivity contribution is 0.0920. The second-order valence-corrected chi connectivity index (χ2v) is 8.97. The molecule has 0 saturated heterocycles. The third-order valence-electron chi connectivity index (χ3n) is 5.24. The largest absolute Gasteiger partial charge is 0.489 e. The summed E-state index contributed by atoms with van der Waals surface area (Å²) in [5.41, 5.74) is 1.70. The molecule has 0 radical (unpaired) electrons. The number of likely N-dealkylation sites (N-methyl/N-ethyl adjacent to an activating group) is 1. The van der Waals surface area contributed by atoms with E-state index in [2.05, 4.69) is 27.1 Å². The number of nitrogens with one attached hydrogen (secondary N) is 1. The van der Waals surface area contributed by atoms with Crippen LogP contribution in [0.2, 0.25) is 0 Å². The first-order chi connectivity index (χ1) is 16.7. The molecular weight excluding hydrogens is 444 g/mol. The Kier molecular flexibility index (Phi) is 6.90. The molecule has 35 heavy (non-hydrogen) atoms. The minimum atomic E-state index is -1.07. The van der Waals surface area contributed by atoms with Crippen molar-refractivity contribution in [3.05, 3.63) is 71.8 Å². The highest BCUT2D eigenvalue weighted by molar-refractivity contribution is 5.92. The molecule has 0 unspecified atom stereocenters. The zero-order chi connectivity index (χ0) is 25.0. The fourth-order valence-electron chi connectivity index (χ4n) is 3.51. The van der Waals surface area contributed by atoms with Crippen LogP contribution in [0, 0.1) is 18.8 Å². The third-order valence-corrected chi connectivity index (χ3v) is 5.24. The van der Waals surface area contributed by atoms with Crippen LogP contribution < -0.4 is 19.7 Å². The Morgan fingerprint density at radius 3 is 2.77 bits per heavy atom. The van der Waals surface area contributed by atoms with E-state index in [1.165, 1.54) is 6.20 Å². The van der Waals surface area contributed by atoms with Gasteiger partial charge in [0.05, 0.1) is 17.9 Å². The van der Waals surface area contributed by atoms with Crippen LogP contribution in [0.3, 0.4) is 0 Å². The lowest BCUT2D eigenvalue weighted by atomic mass is 10.1. The Labute approximate surface area is 204 Å². The van der Waals surface area contributed by atoms with Gasteiger partial charge >= 0.3 is 0 Å². The smallest absolute Gasteiger partial charge is 0.270 e. The minimum absolute atomic E-state index is 0.246. The zero-order valence-electron chi connectivity index (χ0n) is 20.2. The van der Waals surface area contributed by atoms with Crippen LogP contribution in [0.25, 0.3) is 0 Å². The second-order valence-electron chi connectivity index (χ2n) is 8.97. The predicted octanol–water partition coefficient (Wildman–Crippen LogP) is 3.33. The van der Waals surface area contributed by atoms with Gasteiger partial charge in [-0.2, -0.15) is 0 Å². The molecule has 1 amide bonds. The van der Waals surface area contributed by atoms with Gasteiger partial charge in [-0.05, 0) is 57.2 Å². The summed E-state index contributed by atoms with van der Waals surface area (Å²) in [6.45, 7) is 6.02. The molecule has 8 heteroatoms. The molecule has 180 valence electrons. The van der Waals surface area contributed by atoms with Crippen molar-refractivity contribution in [1.29, 1.82) is 0 Å². The zero-order valence-corrected chi connectivity index (χ0v) is 20.2. The van der Waals surface area contributed by atoms with E-state index in [0.717, 1.165) is 16.9 Å². The number of nitrogens with zero attached hydrogens (tertiary/aromatic N) is 3. The number of amides is 1. The summed E-state index contributed by atoms with van der Waals surface area (Å²) in [6, 6.07) is 12.3. The third kappa shape index (κ3) is 6.49. The molecule has 0 saturated carbocycles. The molecule has 0 spiro atoms. The van der Waals surface area contributed by atoms with Crippen LogP contribution in [0.1, 0.15) is 35.6 Å². The van der Waals surface area contributed by atoms with Gasteiger partial charge in [-0.3, -0.25) is 14.8 Å². The maximum Gasteiger partial charge on any atom is 0.270 e. The predicted molar refractivity (Wildman–Crippen MR) is 133 cm³/mol. The first-order valence-electron chi connectivity index (χ1n) is 11.3. The fraction of sp³-hybridized carbons (Fsp3) is 0.296. The topological polar surface area (TPSA) is 96.8 Å². The average molecular weight is 473 g/mol. The van der Waals surface area contributed by atoms with Crippen molar-refractivity contribution in [3.8, 4) is 29.1 Å². The summed E-state index contributed by atoms with van der Waals surface area (Å²) in [5, 5.41) is 12.9. The van der Waals surface area contributed by atoms with E-state index >= 15 is 0 Å². The molecule has 3 aromatic rings. The molecule has 2 N–H and O–H groups in total. The van der Waals surface area contributed by atoms with Crippen LogP contribution in [0.5, 0.6) is 17.2 Å². The van der Waals surface area contributed by atoms with Crippen LogP contribution in [0.15, 0.2) is 54.9 Å². The summed E-state index contributed by atoms with van der Waals surface area (Å²) in [6.07, 6.45) is 3.17. The first-order valence-corrected chi connectivity index (χ1v) is 11.3. The van der Waals surface area contributed by atoms with Crippen molar-refractivity contribution in [2.24, 2.45) is 0 Å². The van der Waals surface area contributed by atoms with E-state index in [0.29, 0.717) is 30.4 Å². The lowest BCUT2D eigenvalue weighted by Gasteiger charge is -2.22. The van der Waals surface area contributed by atoms with Crippen LogP contribution in [-0.2, 0) is 0 Å². The van der Waals surface area contributed by atoms with Crippen molar-refractivity contribution in [2.45, 2.75) is 32.4 Å². The Balaban J connectivity index is 1.43. The van der Waals surface area contributed by atoms with Crippen LogP contribution in [0.4, 0.5) is 5.69 Å². The highest BCUT2D eigenvalue weighted by atomic mass is 16.5. The maximum absolute atomic E-state index is 12.9. The number of hydrogen-bond donors (Lipinski definition) is 2. The van der Waals surface area contributed by atoms with Crippen molar-refractivity contribution in [3.63, 3.8) is 0 Å². The number of carbonyl (C=O) groups is 1. The van der Waals surface area contributed by atoms with E-state index in [-0.39, 0.29) is 17.6 Å². The average Bonchev–Trinajstić information content (AvgIpc) is 2.97. The number of aromatic nitrogens is 2. The van der Waals surface area contributed by atoms with Crippen LogP contribution >= 0.6 is 0 Å². The van der Waals surface area contributed by atoms with Gasteiger partial charge in [-0.25, -0.2) is 0 Å². The number of aliphatic hydroxyl groups is 1. The van der Waals surface area contributed by atoms with Crippen molar-refractivity contribution in [2.75, 3.05) is 25.1 Å². The Morgan fingerprint density at radius 1 is 1.20 bits per heavy atom. The van der Waals surface area contributed by atoms with Gasteiger partial charge in [-0.15, -0.1) is 0 Å².